The summed E-state index contributed by atoms with van der Waals surface area (Å²) in [5.41, 5.74) is 7.13. The van der Waals surface area contributed by atoms with Gasteiger partial charge < -0.3 is 5.73 Å². The smallest absolute Gasteiger partial charge is 0.0966 e. The predicted octanol–water partition coefficient (Wildman–Crippen LogP) is 1.04. The molecule has 0 atom stereocenters. The number of amidine groups is 1. The number of nitrogens with one attached hydrogen (secondary N) is 2. The van der Waals surface area contributed by atoms with Crippen molar-refractivity contribution in [3.05, 3.63) is 30.0 Å². The van der Waals surface area contributed by atoms with Gasteiger partial charge in [-0.05, 0) is 6.07 Å². The summed E-state index contributed by atoms with van der Waals surface area (Å²) >= 11 is 0. The number of benzene rings is 1. The maximum atomic E-state index is 7.18. The fourth-order valence-electron chi connectivity index (χ4n) is 1.34. The summed E-state index contributed by atoms with van der Waals surface area (Å²) in [7, 11) is 0. The van der Waals surface area contributed by atoms with Crippen molar-refractivity contribution in [3.63, 3.8) is 0 Å². The van der Waals surface area contributed by atoms with Gasteiger partial charge >= 0.3 is 0 Å². The molecule has 4 nitrogen and oxygen atoms in total. The Morgan fingerprint density at radius 3 is 3.00 bits per heavy atom. The Bertz CT molecular complexity index is 444. The van der Waals surface area contributed by atoms with Crippen LogP contribution < -0.4 is 5.73 Å². The lowest BCUT2D eigenvalue weighted by molar-refractivity contribution is 1.03. The molecule has 1 heterocycles. The van der Waals surface area contributed by atoms with Gasteiger partial charge in [0, 0.05) is 11.8 Å². The van der Waals surface area contributed by atoms with Crippen molar-refractivity contribution in [2.45, 2.75) is 6.42 Å². The van der Waals surface area contributed by atoms with Gasteiger partial charge in [0.05, 0.1) is 17.0 Å². The SMILES string of the molecule is N=C(N)Cc1[nH]nc2ccccc12. The monoisotopic (exact) mass is 174 g/mol. The van der Waals surface area contributed by atoms with Crippen molar-refractivity contribution < 1.29 is 0 Å². The fourth-order valence-corrected chi connectivity index (χ4v) is 1.34. The van der Waals surface area contributed by atoms with Crippen LogP contribution in [0.15, 0.2) is 24.3 Å². The molecule has 0 aliphatic heterocycles. The minimum atomic E-state index is 0.148. The van der Waals surface area contributed by atoms with Gasteiger partial charge in [0.1, 0.15) is 0 Å². The van der Waals surface area contributed by atoms with E-state index < -0.39 is 0 Å². The molecule has 1 aromatic carbocycles. The summed E-state index contributed by atoms with van der Waals surface area (Å²) in [5.74, 6) is 0.148. The maximum absolute atomic E-state index is 7.18. The van der Waals surface area contributed by atoms with E-state index in [1.54, 1.807) is 0 Å². The van der Waals surface area contributed by atoms with Gasteiger partial charge in [-0.15, -0.1) is 0 Å². The van der Waals surface area contributed by atoms with Crippen molar-refractivity contribution in [3.8, 4) is 0 Å². The first kappa shape index (κ1) is 7.79. The molecule has 2 aromatic rings. The average molecular weight is 174 g/mol. The number of nitrogens with two attached hydrogens (primary N) is 1. The third-order valence-electron chi connectivity index (χ3n) is 1.91. The summed E-state index contributed by atoms with van der Waals surface area (Å²) in [6.45, 7) is 0. The number of nitrogens with zero attached hydrogens (tertiary/aromatic N) is 1. The zero-order valence-corrected chi connectivity index (χ0v) is 7.04. The molecule has 0 radical (unpaired) electrons. The molecule has 0 aliphatic rings. The average Bonchev–Trinajstić information content (AvgIpc) is 2.48. The number of para-hydroxylation sites is 1. The zero-order valence-electron chi connectivity index (χ0n) is 7.04. The lowest BCUT2D eigenvalue weighted by Crippen LogP contribution is -2.13. The molecule has 0 spiro atoms. The highest BCUT2D eigenvalue weighted by Gasteiger charge is 2.04. The first-order valence-electron chi connectivity index (χ1n) is 4.02. The second-order valence-corrected chi connectivity index (χ2v) is 2.92. The first-order chi connectivity index (χ1) is 6.27. The van der Waals surface area contributed by atoms with Crippen molar-refractivity contribution in [1.82, 2.24) is 10.2 Å². The van der Waals surface area contributed by atoms with Crippen molar-refractivity contribution >= 4 is 16.7 Å². The van der Waals surface area contributed by atoms with Crippen molar-refractivity contribution in [1.29, 1.82) is 5.41 Å². The van der Waals surface area contributed by atoms with Gasteiger partial charge in [0.25, 0.3) is 0 Å². The van der Waals surface area contributed by atoms with Gasteiger partial charge in [-0.3, -0.25) is 10.5 Å². The molecule has 13 heavy (non-hydrogen) atoms. The highest BCUT2D eigenvalue weighted by atomic mass is 15.1. The third-order valence-corrected chi connectivity index (χ3v) is 1.91. The minimum absolute atomic E-state index is 0.148. The zero-order chi connectivity index (χ0) is 9.26. The highest BCUT2D eigenvalue weighted by Crippen LogP contribution is 2.14. The van der Waals surface area contributed by atoms with Crippen LogP contribution >= 0.6 is 0 Å². The normalized spacial score (nSPS) is 10.5. The van der Waals surface area contributed by atoms with E-state index in [1.165, 1.54) is 0 Å². The molecule has 0 bridgehead atoms. The number of hydrogen-bond acceptors (Lipinski definition) is 2. The van der Waals surface area contributed by atoms with Crippen LogP contribution in [-0.4, -0.2) is 16.0 Å². The van der Waals surface area contributed by atoms with Gasteiger partial charge in [0.2, 0.25) is 0 Å². The molecule has 0 saturated heterocycles. The lowest BCUT2D eigenvalue weighted by atomic mass is 10.1. The van der Waals surface area contributed by atoms with Crippen LogP contribution in [0.5, 0.6) is 0 Å². The first-order valence-corrected chi connectivity index (χ1v) is 4.02. The van der Waals surface area contributed by atoms with Crippen LogP contribution in [0.25, 0.3) is 10.9 Å². The number of aromatic amines is 1. The van der Waals surface area contributed by atoms with Crippen LogP contribution in [0, 0.1) is 5.41 Å². The Labute approximate surface area is 75.3 Å². The predicted molar refractivity (Wildman–Crippen MR) is 51.7 cm³/mol. The third kappa shape index (κ3) is 1.38. The second-order valence-electron chi connectivity index (χ2n) is 2.92. The Morgan fingerprint density at radius 2 is 2.23 bits per heavy atom. The largest absolute Gasteiger partial charge is 0.387 e. The van der Waals surface area contributed by atoms with Gasteiger partial charge in [-0.2, -0.15) is 5.10 Å². The lowest BCUT2D eigenvalue weighted by Gasteiger charge is -1.94. The van der Waals surface area contributed by atoms with E-state index >= 15 is 0 Å². The molecule has 4 heteroatoms. The van der Waals surface area contributed by atoms with Crippen LogP contribution in [-0.2, 0) is 6.42 Å². The van der Waals surface area contributed by atoms with Gasteiger partial charge in [0.15, 0.2) is 0 Å². The maximum Gasteiger partial charge on any atom is 0.0966 e. The summed E-state index contributed by atoms with van der Waals surface area (Å²) in [6.07, 6.45) is 0.431. The quantitative estimate of drug-likeness (QED) is 0.470. The number of aromatic nitrogens is 2. The summed E-state index contributed by atoms with van der Waals surface area (Å²) in [5, 5.41) is 15.2. The van der Waals surface area contributed by atoms with E-state index in [1.807, 2.05) is 24.3 Å². The molecule has 4 N–H and O–H groups in total. The summed E-state index contributed by atoms with van der Waals surface area (Å²) in [4.78, 5) is 0. The molecule has 66 valence electrons. The molecular weight excluding hydrogens is 164 g/mol. The van der Waals surface area contributed by atoms with Crippen molar-refractivity contribution in [2.24, 2.45) is 5.73 Å². The topological polar surface area (TPSA) is 78.5 Å². The van der Waals surface area contributed by atoms with E-state index in [0.717, 1.165) is 16.6 Å². The number of H-pyrrole nitrogens is 1. The molecule has 0 aliphatic carbocycles. The Kier molecular flexibility index (Phi) is 1.73. The van der Waals surface area contributed by atoms with E-state index in [-0.39, 0.29) is 5.84 Å². The van der Waals surface area contributed by atoms with E-state index in [4.69, 9.17) is 11.1 Å². The number of rotatable bonds is 2. The van der Waals surface area contributed by atoms with Crippen LogP contribution in [0.3, 0.4) is 0 Å². The molecule has 0 fully saturated rings. The second kappa shape index (κ2) is 2.90. The molecule has 0 saturated carbocycles. The van der Waals surface area contributed by atoms with Gasteiger partial charge in [-0.1, -0.05) is 18.2 Å². The molecular formula is C9H10N4. The molecule has 2 rings (SSSR count). The Hall–Kier alpha value is -1.84. The van der Waals surface area contributed by atoms with Gasteiger partial charge in [-0.25, -0.2) is 0 Å². The molecule has 1 aromatic heterocycles. The van der Waals surface area contributed by atoms with E-state index in [2.05, 4.69) is 10.2 Å². The summed E-state index contributed by atoms with van der Waals surface area (Å²) in [6, 6.07) is 7.77. The van der Waals surface area contributed by atoms with Crippen LogP contribution in [0.2, 0.25) is 0 Å². The number of fused-ring (bicyclic) bond motifs is 1. The standard InChI is InChI=1S/C9H10N4/c10-9(11)5-8-6-3-1-2-4-7(6)12-13-8/h1-4H,5H2,(H3,10,11)(H,12,13). The Morgan fingerprint density at radius 1 is 1.46 bits per heavy atom. The van der Waals surface area contributed by atoms with E-state index in [0.29, 0.717) is 6.42 Å². The highest BCUT2D eigenvalue weighted by molar-refractivity contribution is 5.87. The van der Waals surface area contributed by atoms with Crippen LogP contribution in [0.4, 0.5) is 0 Å². The van der Waals surface area contributed by atoms with E-state index in [9.17, 15) is 0 Å². The number of hydrogen-bond donors (Lipinski definition) is 3. The van der Waals surface area contributed by atoms with Crippen LogP contribution in [0.1, 0.15) is 5.69 Å². The van der Waals surface area contributed by atoms with Crippen molar-refractivity contribution in [2.75, 3.05) is 0 Å². The molecule has 0 unspecified atom stereocenters. The molecule has 0 amide bonds. The fraction of sp³-hybridized carbons (Fsp3) is 0.111. The minimum Gasteiger partial charge on any atom is -0.387 e. The Balaban J connectivity index is 2.51. The summed E-state index contributed by atoms with van der Waals surface area (Å²) < 4.78 is 0.